The summed E-state index contributed by atoms with van der Waals surface area (Å²) in [4.78, 5) is 0. The van der Waals surface area contributed by atoms with Crippen LogP contribution in [0.4, 0.5) is 0 Å². The largest absolute Gasteiger partial charge is 0.339 e. The third-order valence-electron chi connectivity index (χ3n) is 5.00. The summed E-state index contributed by atoms with van der Waals surface area (Å²) in [5, 5.41) is 1.18. The van der Waals surface area contributed by atoms with Crippen molar-refractivity contribution in [3.63, 3.8) is 0 Å². The molecule has 2 nitrogen and oxygen atoms in total. The van der Waals surface area contributed by atoms with Crippen LogP contribution in [-0.2, 0) is 0 Å². The second-order valence-corrected chi connectivity index (χ2v) is 6.66. The van der Waals surface area contributed by atoms with E-state index in [0.29, 0.717) is 0 Å². The number of allylic oxidation sites excluding steroid dienone is 1. The number of benzene rings is 3. The van der Waals surface area contributed by atoms with E-state index in [9.17, 15) is 0 Å². The van der Waals surface area contributed by atoms with Crippen molar-refractivity contribution < 1.29 is 0 Å². The molecule has 0 radical (unpaired) electrons. The zero-order chi connectivity index (χ0) is 18.1. The van der Waals surface area contributed by atoms with E-state index in [1.807, 2.05) is 12.1 Å². The van der Waals surface area contributed by atoms with Gasteiger partial charge in [-0.1, -0.05) is 72.8 Å². The predicted molar refractivity (Wildman–Crippen MR) is 112 cm³/mol. The zero-order valence-corrected chi connectivity index (χ0v) is 15.1. The summed E-state index contributed by atoms with van der Waals surface area (Å²) in [5.74, 6) is 6.39. The number of hydrogen-bond donors (Lipinski definition) is 1. The average Bonchev–Trinajstić information content (AvgIpc) is 2.94. The summed E-state index contributed by atoms with van der Waals surface area (Å²) in [5.41, 5.74) is 8.14. The van der Waals surface area contributed by atoms with Gasteiger partial charge in [0, 0.05) is 16.6 Å². The predicted octanol–water partition coefficient (Wildman–Crippen LogP) is 5.89. The minimum absolute atomic E-state index is 1.05. The Labute approximate surface area is 154 Å². The standard InChI is InChI=1S/C24H22N2/c1-17(19-9-5-3-6-10-19)15-23-18(2)26(25)24-16-21(13-14-22(23)24)20-11-7-4-8-12-20/h3-16H,25H2,1-2H3/b17-15+. The van der Waals surface area contributed by atoms with E-state index in [0.717, 1.165) is 11.2 Å². The average molecular weight is 338 g/mol. The molecule has 0 saturated heterocycles. The third kappa shape index (κ3) is 2.80. The van der Waals surface area contributed by atoms with Crippen molar-refractivity contribution in [2.75, 3.05) is 5.84 Å². The minimum Gasteiger partial charge on any atom is -0.339 e. The number of rotatable bonds is 3. The molecule has 1 aromatic heterocycles. The van der Waals surface area contributed by atoms with Crippen LogP contribution in [0, 0.1) is 6.92 Å². The number of nitrogens with zero attached hydrogens (tertiary/aromatic N) is 1. The van der Waals surface area contributed by atoms with Gasteiger partial charge in [0.05, 0.1) is 5.52 Å². The molecule has 2 heteroatoms. The first-order valence-corrected chi connectivity index (χ1v) is 8.84. The van der Waals surface area contributed by atoms with Gasteiger partial charge in [-0.05, 0) is 48.3 Å². The van der Waals surface area contributed by atoms with Crippen molar-refractivity contribution in [3.05, 3.63) is 95.7 Å². The van der Waals surface area contributed by atoms with E-state index >= 15 is 0 Å². The Balaban J connectivity index is 1.85. The number of nitrogen functional groups attached to an aromatic ring is 1. The highest BCUT2D eigenvalue weighted by Gasteiger charge is 2.12. The van der Waals surface area contributed by atoms with E-state index in [1.165, 1.54) is 33.2 Å². The number of aromatic nitrogens is 1. The van der Waals surface area contributed by atoms with Gasteiger partial charge in [-0.2, -0.15) is 0 Å². The van der Waals surface area contributed by atoms with Gasteiger partial charge in [0.1, 0.15) is 0 Å². The first-order chi connectivity index (χ1) is 12.6. The molecule has 3 aromatic carbocycles. The van der Waals surface area contributed by atoms with Crippen LogP contribution in [0.2, 0.25) is 0 Å². The van der Waals surface area contributed by atoms with Gasteiger partial charge < -0.3 is 5.84 Å². The quantitative estimate of drug-likeness (QED) is 0.464. The van der Waals surface area contributed by atoms with Crippen LogP contribution in [0.25, 0.3) is 33.7 Å². The summed E-state index contributed by atoms with van der Waals surface area (Å²) in [6.45, 7) is 4.22. The van der Waals surface area contributed by atoms with Gasteiger partial charge in [-0.25, -0.2) is 0 Å². The molecular weight excluding hydrogens is 316 g/mol. The summed E-state index contributed by atoms with van der Waals surface area (Å²) < 4.78 is 1.80. The maximum Gasteiger partial charge on any atom is 0.0705 e. The second-order valence-electron chi connectivity index (χ2n) is 6.66. The highest BCUT2D eigenvalue weighted by Crippen LogP contribution is 2.31. The van der Waals surface area contributed by atoms with E-state index in [1.54, 1.807) is 4.68 Å². The summed E-state index contributed by atoms with van der Waals surface area (Å²) in [6.07, 6.45) is 2.23. The van der Waals surface area contributed by atoms with Crippen molar-refractivity contribution in [1.82, 2.24) is 4.68 Å². The zero-order valence-electron chi connectivity index (χ0n) is 15.1. The molecule has 0 fully saturated rings. The Morgan fingerprint density at radius 3 is 2.19 bits per heavy atom. The van der Waals surface area contributed by atoms with E-state index in [2.05, 4.69) is 86.7 Å². The molecule has 0 aliphatic heterocycles. The van der Waals surface area contributed by atoms with Gasteiger partial charge in [0.15, 0.2) is 0 Å². The first-order valence-electron chi connectivity index (χ1n) is 8.84. The highest BCUT2D eigenvalue weighted by molar-refractivity contribution is 5.97. The van der Waals surface area contributed by atoms with Crippen molar-refractivity contribution >= 4 is 22.6 Å². The summed E-state index contributed by atoms with van der Waals surface area (Å²) >= 11 is 0. The van der Waals surface area contributed by atoms with Gasteiger partial charge in [-0.3, -0.25) is 4.68 Å². The van der Waals surface area contributed by atoms with Crippen molar-refractivity contribution in [2.45, 2.75) is 13.8 Å². The fourth-order valence-electron chi connectivity index (χ4n) is 3.46. The normalized spacial score (nSPS) is 11.8. The Bertz CT molecular complexity index is 1090. The number of hydrogen-bond acceptors (Lipinski definition) is 1. The van der Waals surface area contributed by atoms with Crippen LogP contribution in [0.5, 0.6) is 0 Å². The molecule has 0 unspecified atom stereocenters. The lowest BCUT2D eigenvalue weighted by Crippen LogP contribution is -2.09. The molecule has 4 rings (SSSR count). The topological polar surface area (TPSA) is 30.9 Å². The van der Waals surface area contributed by atoms with Crippen LogP contribution in [0.15, 0.2) is 78.9 Å². The smallest absolute Gasteiger partial charge is 0.0705 e. The number of fused-ring (bicyclic) bond motifs is 1. The second kappa shape index (κ2) is 6.57. The molecule has 0 atom stereocenters. The monoisotopic (exact) mass is 338 g/mol. The minimum atomic E-state index is 1.05. The molecule has 0 spiro atoms. The summed E-state index contributed by atoms with van der Waals surface area (Å²) in [6, 6.07) is 27.4. The molecule has 0 bridgehead atoms. The molecule has 26 heavy (non-hydrogen) atoms. The van der Waals surface area contributed by atoms with Crippen molar-refractivity contribution in [3.8, 4) is 11.1 Å². The third-order valence-corrected chi connectivity index (χ3v) is 5.00. The SMILES string of the molecule is C/C(=C\c1c(C)n(N)c2cc(-c3ccccc3)ccc12)c1ccccc1. The highest BCUT2D eigenvalue weighted by atomic mass is 15.3. The van der Waals surface area contributed by atoms with E-state index in [-0.39, 0.29) is 0 Å². The van der Waals surface area contributed by atoms with Gasteiger partial charge in [0.25, 0.3) is 0 Å². The molecule has 0 aliphatic rings. The van der Waals surface area contributed by atoms with Crippen molar-refractivity contribution in [1.29, 1.82) is 0 Å². The van der Waals surface area contributed by atoms with Gasteiger partial charge in [-0.15, -0.1) is 0 Å². The Morgan fingerprint density at radius 2 is 1.50 bits per heavy atom. The molecule has 0 saturated carbocycles. The maximum atomic E-state index is 6.39. The number of nitrogens with two attached hydrogens (primary N) is 1. The van der Waals surface area contributed by atoms with Gasteiger partial charge in [0.2, 0.25) is 0 Å². The van der Waals surface area contributed by atoms with Gasteiger partial charge >= 0.3 is 0 Å². The lowest BCUT2D eigenvalue weighted by atomic mass is 10.0. The van der Waals surface area contributed by atoms with E-state index in [4.69, 9.17) is 5.84 Å². The first kappa shape index (κ1) is 16.2. The van der Waals surface area contributed by atoms with Crippen LogP contribution >= 0.6 is 0 Å². The molecule has 0 aliphatic carbocycles. The van der Waals surface area contributed by atoms with Crippen LogP contribution in [0.1, 0.15) is 23.7 Å². The van der Waals surface area contributed by atoms with E-state index < -0.39 is 0 Å². The lowest BCUT2D eigenvalue weighted by Gasteiger charge is -2.04. The Kier molecular flexibility index (Phi) is 4.10. The Hall–Kier alpha value is -3.26. The fraction of sp³-hybridized carbons (Fsp3) is 0.0833. The van der Waals surface area contributed by atoms with Crippen LogP contribution in [-0.4, -0.2) is 4.68 Å². The molecule has 1 heterocycles. The Morgan fingerprint density at radius 1 is 0.846 bits per heavy atom. The van der Waals surface area contributed by atoms with Crippen molar-refractivity contribution in [2.24, 2.45) is 0 Å². The molecule has 4 aromatic rings. The van der Waals surface area contributed by atoms with Crippen LogP contribution in [0.3, 0.4) is 0 Å². The fourth-order valence-corrected chi connectivity index (χ4v) is 3.46. The molecule has 0 amide bonds. The molecule has 2 N–H and O–H groups in total. The molecule has 128 valence electrons. The lowest BCUT2D eigenvalue weighted by molar-refractivity contribution is 0.998. The summed E-state index contributed by atoms with van der Waals surface area (Å²) in [7, 11) is 0. The van der Waals surface area contributed by atoms with Crippen LogP contribution < -0.4 is 5.84 Å². The maximum absolute atomic E-state index is 6.39. The molecular formula is C24H22N2.